The van der Waals surface area contributed by atoms with E-state index < -0.39 is 12.0 Å². The summed E-state index contributed by atoms with van der Waals surface area (Å²) in [6, 6.07) is 0. The lowest BCUT2D eigenvalue weighted by atomic mass is 10.4. The molecule has 0 saturated heterocycles. The summed E-state index contributed by atoms with van der Waals surface area (Å²) in [6.45, 7) is 2.08. The number of rotatable bonds is 3. The third kappa shape index (κ3) is 2.15. The van der Waals surface area contributed by atoms with Gasteiger partial charge in [-0.3, -0.25) is 0 Å². The van der Waals surface area contributed by atoms with Crippen molar-refractivity contribution in [3.05, 3.63) is 17.8 Å². The van der Waals surface area contributed by atoms with Crippen LogP contribution in [0.1, 0.15) is 18.6 Å². The molecule has 0 atom stereocenters. The summed E-state index contributed by atoms with van der Waals surface area (Å²) < 4.78 is 39.1. The molecule has 0 bridgehead atoms. The van der Waals surface area contributed by atoms with Crippen molar-refractivity contribution in [3.8, 4) is 0 Å². The van der Waals surface area contributed by atoms with E-state index in [0.29, 0.717) is 17.9 Å². The monoisotopic (exact) mass is 260 g/mol. The van der Waals surface area contributed by atoms with Gasteiger partial charge >= 0.3 is 6.18 Å². The Labute approximate surface area is 100 Å². The second kappa shape index (κ2) is 4.52. The number of aliphatic hydroxyl groups excluding tert-OH is 1. The molecule has 0 aromatic carbocycles. The predicted octanol–water partition coefficient (Wildman–Crippen LogP) is 1.40. The van der Waals surface area contributed by atoms with Crippen molar-refractivity contribution in [2.75, 3.05) is 6.61 Å². The summed E-state index contributed by atoms with van der Waals surface area (Å²) in [5.41, 5.74) is 0.441. The van der Waals surface area contributed by atoms with Crippen molar-refractivity contribution in [2.24, 2.45) is 0 Å². The van der Waals surface area contributed by atoms with Crippen LogP contribution in [-0.4, -0.2) is 31.2 Å². The van der Waals surface area contributed by atoms with Crippen LogP contribution < -0.4 is 0 Å². The van der Waals surface area contributed by atoms with Gasteiger partial charge in [0.15, 0.2) is 5.65 Å². The summed E-state index contributed by atoms with van der Waals surface area (Å²) in [4.78, 5) is 10.9. The highest BCUT2D eigenvalue weighted by Crippen LogP contribution is 2.27. The molecule has 2 rings (SSSR count). The summed E-state index contributed by atoms with van der Waals surface area (Å²) in [7, 11) is 0. The molecule has 0 fully saturated rings. The second-order valence-electron chi connectivity index (χ2n) is 3.65. The van der Waals surface area contributed by atoms with Crippen LogP contribution in [0, 0.1) is 0 Å². The molecule has 0 aliphatic heterocycles. The van der Waals surface area contributed by atoms with Crippen LogP contribution in [0.2, 0.25) is 0 Å². The summed E-state index contributed by atoms with van der Waals surface area (Å²) in [6.07, 6.45) is -3.25. The van der Waals surface area contributed by atoms with Gasteiger partial charge in [-0.05, 0) is 6.92 Å². The van der Waals surface area contributed by atoms with Crippen LogP contribution in [0.25, 0.3) is 11.2 Å². The standard InChI is InChI=1S/C10H11F3N4O/c1-2-17-7(3-4-18)15-6-5-14-9(10(11,12)13)16-8(6)17/h5,18H,2-4H2,1H3. The first-order chi connectivity index (χ1) is 8.47. The quantitative estimate of drug-likeness (QED) is 0.906. The number of hydrogen-bond acceptors (Lipinski definition) is 4. The van der Waals surface area contributed by atoms with E-state index in [1.807, 2.05) is 0 Å². The van der Waals surface area contributed by atoms with E-state index in [-0.39, 0.29) is 18.7 Å². The third-order valence-corrected chi connectivity index (χ3v) is 2.47. The SMILES string of the molecule is CCn1c(CCO)nc2cnc(C(F)(F)F)nc21. The first-order valence-electron chi connectivity index (χ1n) is 5.37. The van der Waals surface area contributed by atoms with Crippen molar-refractivity contribution in [1.82, 2.24) is 19.5 Å². The van der Waals surface area contributed by atoms with Crippen molar-refractivity contribution < 1.29 is 18.3 Å². The zero-order valence-electron chi connectivity index (χ0n) is 9.57. The molecule has 0 aliphatic carbocycles. The van der Waals surface area contributed by atoms with Crippen LogP contribution in [0.15, 0.2) is 6.20 Å². The number of aliphatic hydroxyl groups is 1. The molecular weight excluding hydrogens is 249 g/mol. The Hall–Kier alpha value is -1.70. The highest BCUT2D eigenvalue weighted by molar-refractivity contribution is 5.70. The van der Waals surface area contributed by atoms with E-state index in [0.717, 1.165) is 6.20 Å². The third-order valence-electron chi connectivity index (χ3n) is 2.47. The zero-order chi connectivity index (χ0) is 13.3. The Balaban J connectivity index is 2.61. The minimum atomic E-state index is -4.58. The molecule has 2 heterocycles. The maximum Gasteiger partial charge on any atom is 0.451 e. The van der Waals surface area contributed by atoms with Gasteiger partial charge in [-0.15, -0.1) is 0 Å². The minimum absolute atomic E-state index is 0.122. The van der Waals surface area contributed by atoms with Gasteiger partial charge in [0.2, 0.25) is 5.82 Å². The number of imidazole rings is 1. The van der Waals surface area contributed by atoms with Gasteiger partial charge in [-0.1, -0.05) is 0 Å². The highest BCUT2D eigenvalue weighted by Gasteiger charge is 2.35. The Kier molecular flexibility index (Phi) is 3.20. The smallest absolute Gasteiger partial charge is 0.396 e. The topological polar surface area (TPSA) is 63.8 Å². The number of fused-ring (bicyclic) bond motifs is 1. The minimum Gasteiger partial charge on any atom is -0.396 e. The first-order valence-corrected chi connectivity index (χ1v) is 5.37. The molecule has 2 aromatic heterocycles. The van der Waals surface area contributed by atoms with Crippen molar-refractivity contribution in [3.63, 3.8) is 0 Å². The summed E-state index contributed by atoms with van der Waals surface area (Å²) in [5.74, 6) is -0.677. The highest BCUT2D eigenvalue weighted by atomic mass is 19.4. The Morgan fingerprint density at radius 1 is 1.33 bits per heavy atom. The molecule has 8 heteroatoms. The van der Waals surface area contributed by atoms with E-state index in [9.17, 15) is 13.2 Å². The fourth-order valence-electron chi connectivity index (χ4n) is 1.73. The van der Waals surface area contributed by atoms with E-state index in [1.54, 1.807) is 11.5 Å². The number of nitrogens with zero attached hydrogens (tertiary/aromatic N) is 4. The van der Waals surface area contributed by atoms with E-state index in [4.69, 9.17) is 5.11 Å². The summed E-state index contributed by atoms with van der Waals surface area (Å²) >= 11 is 0. The lowest BCUT2D eigenvalue weighted by molar-refractivity contribution is -0.144. The first kappa shape index (κ1) is 12.7. The van der Waals surface area contributed by atoms with E-state index in [2.05, 4.69) is 15.0 Å². The van der Waals surface area contributed by atoms with Crippen LogP contribution >= 0.6 is 0 Å². The maximum absolute atomic E-state index is 12.5. The van der Waals surface area contributed by atoms with Crippen LogP contribution in [-0.2, 0) is 19.1 Å². The van der Waals surface area contributed by atoms with Crippen LogP contribution in [0.3, 0.4) is 0 Å². The molecule has 5 nitrogen and oxygen atoms in total. The average molecular weight is 260 g/mol. The molecule has 0 aliphatic rings. The van der Waals surface area contributed by atoms with Gasteiger partial charge < -0.3 is 9.67 Å². The largest absolute Gasteiger partial charge is 0.451 e. The van der Waals surface area contributed by atoms with Gasteiger partial charge in [-0.25, -0.2) is 15.0 Å². The molecule has 98 valence electrons. The van der Waals surface area contributed by atoms with Gasteiger partial charge in [0.05, 0.1) is 12.8 Å². The average Bonchev–Trinajstić information content (AvgIpc) is 2.64. The predicted molar refractivity (Wildman–Crippen MR) is 56.8 cm³/mol. The maximum atomic E-state index is 12.5. The molecule has 0 radical (unpaired) electrons. The second-order valence-corrected chi connectivity index (χ2v) is 3.65. The fourth-order valence-corrected chi connectivity index (χ4v) is 1.73. The number of aromatic nitrogens is 4. The van der Waals surface area contributed by atoms with Gasteiger partial charge in [-0.2, -0.15) is 13.2 Å². The molecule has 0 spiro atoms. The number of hydrogen-bond donors (Lipinski definition) is 1. The van der Waals surface area contributed by atoms with Crippen LogP contribution in [0.5, 0.6) is 0 Å². The van der Waals surface area contributed by atoms with Crippen molar-refractivity contribution in [2.45, 2.75) is 26.1 Å². The lowest BCUT2D eigenvalue weighted by Crippen LogP contribution is -2.12. The van der Waals surface area contributed by atoms with E-state index in [1.165, 1.54) is 0 Å². The number of alkyl halides is 3. The lowest BCUT2D eigenvalue weighted by Gasteiger charge is -2.06. The van der Waals surface area contributed by atoms with Crippen molar-refractivity contribution >= 4 is 11.2 Å². The summed E-state index contributed by atoms with van der Waals surface area (Å²) in [5, 5.41) is 8.88. The van der Waals surface area contributed by atoms with Gasteiger partial charge in [0, 0.05) is 13.0 Å². The Bertz CT molecular complexity index is 564. The molecule has 0 unspecified atom stereocenters. The molecule has 0 amide bonds. The number of halogens is 3. The fraction of sp³-hybridized carbons (Fsp3) is 0.500. The molecular formula is C10H11F3N4O. The normalized spacial score (nSPS) is 12.3. The van der Waals surface area contributed by atoms with Crippen molar-refractivity contribution in [1.29, 1.82) is 0 Å². The van der Waals surface area contributed by atoms with E-state index >= 15 is 0 Å². The van der Waals surface area contributed by atoms with Gasteiger partial charge in [0.25, 0.3) is 0 Å². The molecule has 0 saturated carbocycles. The Morgan fingerprint density at radius 3 is 2.61 bits per heavy atom. The molecule has 2 aromatic rings. The van der Waals surface area contributed by atoms with Gasteiger partial charge in [0.1, 0.15) is 11.3 Å². The van der Waals surface area contributed by atoms with Crippen LogP contribution in [0.4, 0.5) is 13.2 Å². The molecule has 1 N–H and O–H groups in total. The zero-order valence-corrected chi connectivity index (χ0v) is 9.57. The molecule has 18 heavy (non-hydrogen) atoms. The Morgan fingerprint density at radius 2 is 2.06 bits per heavy atom. The number of aryl methyl sites for hydroxylation is 1.